The first kappa shape index (κ1) is 7.16. The summed E-state index contributed by atoms with van der Waals surface area (Å²) in [4.78, 5) is 19.3. The molecule has 1 aromatic heterocycles. The second-order valence-electron chi connectivity index (χ2n) is 2.69. The van der Waals surface area contributed by atoms with Crippen LogP contribution in [0.25, 0.3) is 0 Å². The van der Waals surface area contributed by atoms with Gasteiger partial charge >= 0.3 is 0 Å². The third-order valence-corrected chi connectivity index (χ3v) is 1.88. The van der Waals surface area contributed by atoms with E-state index in [1.54, 1.807) is 6.20 Å². The lowest BCUT2D eigenvalue weighted by Gasteiger charge is -1.99. The molecular weight excluding hydrogens is 152 g/mol. The van der Waals surface area contributed by atoms with E-state index >= 15 is 0 Å². The maximum Gasteiger partial charge on any atom is 0.170 e. The van der Waals surface area contributed by atoms with Crippen molar-refractivity contribution in [2.24, 2.45) is 0 Å². The van der Waals surface area contributed by atoms with Crippen molar-refractivity contribution in [1.29, 1.82) is 0 Å². The molecule has 1 aliphatic carbocycles. The van der Waals surface area contributed by atoms with E-state index in [4.69, 9.17) is 0 Å². The molecule has 2 rings (SSSR count). The number of hydrogen-bond acceptors (Lipinski definition) is 3. The second-order valence-corrected chi connectivity index (χ2v) is 2.69. The van der Waals surface area contributed by atoms with Crippen molar-refractivity contribution in [3.63, 3.8) is 0 Å². The summed E-state index contributed by atoms with van der Waals surface area (Å²) in [5.74, 6) is 0.111. The SMILES string of the molecule is O=C1CC=CCc2ncncc21. The average Bonchev–Trinajstić information content (AvgIpc) is 2.29. The summed E-state index contributed by atoms with van der Waals surface area (Å²) < 4.78 is 0. The van der Waals surface area contributed by atoms with Gasteiger partial charge in [0.2, 0.25) is 0 Å². The van der Waals surface area contributed by atoms with Gasteiger partial charge in [0.25, 0.3) is 0 Å². The standard InChI is InChI=1S/C9H8N2O/c12-9-4-2-1-3-8-7(9)5-10-6-11-8/h1-2,5-6H,3-4H2. The van der Waals surface area contributed by atoms with Crippen molar-refractivity contribution in [2.45, 2.75) is 12.8 Å². The number of nitrogens with zero attached hydrogens (tertiary/aromatic N) is 2. The Morgan fingerprint density at radius 1 is 1.25 bits per heavy atom. The van der Waals surface area contributed by atoms with Crippen LogP contribution >= 0.6 is 0 Å². The molecule has 1 aliphatic rings. The molecule has 0 atom stereocenters. The highest BCUT2D eigenvalue weighted by atomic mass is 16.1. The maximum atomic E-state index is 11.4. The van der Waals surface area contributed by atoms with Crippen LogP contribution in [0.4, 0.5) is 0 Å². The molecule has 60 valence electrons. The summed E-state index contributed by atoms with van der Waals surface area (Å²) in [6.45, 7) is 0. The Balaban J connectivity index is 2.52. The topological polar surface area (TPSA) is 42.9 Å². The molecule has 3 nitrogen and oxygen atoms in total. The lowest BCUT2D eigenvalue weighted by molar-refractivity contribution is 0.0995. The number of fused-ring (bicyclic) bond motifs is 1. The van der Waals surface area contributed by atoms with Gasteiger partial charge in [0.05, 0.1) is 11.3 Å². The first-order chi connectivity index (χ1) is 5.88. The molecule has 1 heterocycles. The van der Waals surface area contributed by atoms with Crippen molar-refractivity contribution in [2.75, 3.05) is 0 Å². The zero-order valence-electron chi connectivity index (χ0n) is 6.53. The molecule has 0 unspecified atom stereocenters. The van der Waals surface area contributed by atoms with Crippen LogP contribution in [0, 0.1) is 0 Å². The van der Waals surface area contributed by atoms with Crippen LogP contribution in [0.2, 0.25) is 0 Å². The minimum atomic E-state index is 0.111. The Morgan fingerprint density at radius 3 is 3.00 bits per heavy atom. The van der Waals surface area contributed by atoms with Gasteiger partial charge in [-0.1, -0.05) is 12.2 Å². The van der Waals surface area contributed by atoms with Crippen LogP contribution in [0.3, 0.4) is 0 Å². The molecule has 0 saturated heterocycles. The van der Waals surface area contributed by atoms with Gasteiger partial charge in [0, 0.05) is 19.0 Å². The lowest BCUT2D eigenvalue weighted by atomic mass is 10.1. The first-order valence-electron chi connectivity index (χ1n) is 3.85. The van der Waals surface area contributed by atoms with Crippen molar-refractivity contribution in [1.82, 2.24) is 9.97 Å². The summed E-state index contributed by atoms with van der Waals surface area (Å²) >= 11 is 0. The van der Waals surface area contributed by atoms with E-state index in [-0.39, 0.29) is 5.78 Å². The molecule has 0 aliphatic heterocycles. The fraction of sp³-hybridized carbons (Fsp3) is 0.222. The summed E-state index contributed by atoms with van der Waals surface area (Å²) in [5.41, 5.74) is 1.51. The lowest BCUT2D eigenvalue weighted by Crippen LogP contribution is -2.02. The molecule has 1 aromatic rings. The van der Waals surface area contributed by atoms with Gasteiger partial charge in [0.1, 0.15) is 6.33 Å². The summed E-state index contributed by atoms with van der Waals surface area (Å²) in [6, 6.07) is 0. The fourth-order valence-corrected chi connectivity index (χ4v) is 1.25. The van der Waals surface area contributed by atoms with E-state index in [9.17, 15) is 4.79 Å². The molecule has 0 spiro atoms. The monoisotopic (exact) mass is 160 g/mol. The zero-order valence-corrected chi connectivity index (χ0v) is 6.53. The molecule has 0 radical (unpaired) electrons. The maximum absolute atomic E-state index is 11.4. The summed E-state index contributed by atoms with van der Waals surface area (Å²) in [7, 11) is 0. The molecule has 3 heteroatoms. The molecule has 0 N–H and O–H groups in total. The van der Waals surface area contributed by atoms with Gasteiger partial charge in [0.15, 0.2) is 5.78 Å². The number of aromatic nitrogens is 2. The van der Waals surface area contributed by atoms with Crippen LogP contribution in [0.5, 0.6) is 0 Å². The number of allylic oxidation sites excluding steroid dienone is 2. The van der Waals surface area contributed by atoms with Crippen molar-refractivity contribution in [3.8, 4) is 0 Å². The summed E-state index contributed by atoms with van der Waals surface area (Å²) in [5, 5.41) is 0. The zero-order chi connectivity index (χ0) is 8.39. The van der Waals surface area contributed by atoms with E-state index in [2.05, 4.69) is 9.97 Å². The number of carbonyl (C=O) groups is 1. The molecule has 12 heavy (non-hydrogen) atoms. The Hall–Kier alpha value is -1.51. The highest BCUT2D eigenvalue weighted by Crippen LogP contribution is 2.12. The number of carbonyl (C=O) groups excluding carboxylic acids is 1. The number of Topliss-reactive ketones (excluding diaryl/α,β-unsaturated/α-hetero) is 1. The van der Waals surface area contributed by atoms with Gasteiger partial charge in [-0.15, -0.1) is 0 Å². The van der Waals surface area contributed by atoms with E-state index in [0.717, 1.165) is 12.1 Å². The highest BCUT2D eigenvalue weighted by Gasteiger charge is 2.12. The van der Waals surface area contributed by atoms with E-state index in [1.165, 1.54) is 6.33 Å². The van der Waals surface area contributed by atoms with Gasteiger partial charge in [-0.2, -0.15) is 0 Å². The molecule has 0 aromatic carbocycles. The van der Waals surface area contributed by atoms with E-state index < -0.39 is 0 Å². The fourth-order valence-electron chi connectivity index (χ4n) is 1.25. The van der Waals surface area contributed by atoms with Crippen molar-refractivity contribution in [3.05, 3.63) is 35.9 Å². The first-order valence-corrected chi connectivity index (χ1v) is 3.85. The predicted molar refractivity (Wildman–Crippen MR) is 43.8 cm³/mol. The minimum Gasteiger partial charge on any atom is -0.294 e. The van der Waals surface area contributed by atoms with Gasteiger partial charge in [-0.25, -0.2) is 9.97 Å². The van der Waals surface area contributed by atoms with Crippen molar-refractivity contribution >= 4 is 5.78 Å². The van der Waals surface area contributed by atoms with Gasteiger partial charge in [-0.3, -0.25) is 4.79 Å². The van der Waals surface area contributed by atoms with Gasteiger partial charge < -0.3 is 0 Å². The molecule has 0 amide bonds. The van der Waals surface area contributed by atoms with Crippen LogP contribution < -0.4 is 0 Å². The molecule has 0 fully saturated rings. The highest BCUT2D eigenvalue weighted by molar-refractivity contribution is 5.98. The van der Waals surface area contributed by atoms with Crippen molar-refractivity contribution < 1.29 is 4.79 Å². The number of ketones is 1. The second kappa shape index (κ2) is 2.85. The Kier molecular flexibility index (Phi) is 1.70. The molecule has 0 bridgehead atoms. The third-order valence-electron chi connectivity index (χ3n) is 1.88. The van der Waals surface area contributed by atoms with Gasteiger partial charge in [-0.05, 0) is 0 Å². The Labute approximate surface area is 70.2 Å². The Morgan fingerprint density at radius 2 is 2.08 bits per heavy atom. The summed E-state index contributed by atoms with van der Waals surface area (Å²) in [6.07, 6.45) is 8.13. The van der Waals surface area contributed by atoms with Crippen LogP contribution in [0.15, 0.2) is 24.7 Å². The number of hydrogen-bond donors (Lipinski definition) is 0. The Bertz CT molecular complexity index is 344. The molecule has 0 saturated carbocycles. The minimum absolute atomic E-state index is 0.111. The van der Waals surface area contributed by atoms with E-state index in [0.29, 0.717) is 12.0 Å². The van der Waals surface area contributed by atoms with E-state index in [1.807, 2.05) is 12.2 Å². The number of rotatable bonds is 0. The average molecular weight is 160 g/mol. The smallest absolute Gasteiger partial charge is 0.170 e. The van der Waals surface area contributed by atoms with Crippen LogP contribution in [0.1, 0.15) is 22.5 Å². The van der Waals surface area contributed by atoms with Crippen LogP contribution in [-0.2, 0) is 6.42 Å². The predicted octanol–water partition coefficient (Wildman–Crippen LogP) is 1.16. The molecular formula is C9H8N2O. The largest absolute Gasteiger partial charge is 0.294 e. The normalized spacial score (nSPS) is 15.5. The third kappa shape index (κ3) is 1.13. The van der Waals surface area contributed by atoms with Crippen LogP contribution in [-0.4, -0.2) is 15.8 Å². The quantitative estimate of drug-likeness (QED) is 0.535.